The summed E-state index contributed by atoms with van der Waals surface area (Å²) in [6.07, 6.45) is 8.34. The third-order valence-corrected chi connectivity index (χ3v) is 6.68. The second kappa shape index (κ2) is 12.1. The Morgan fingerprint density at radius 2 is 1.54 bits per heavy atom. The van der Waals surface area contributed by atoms with Gasteiger partial charge in [-0.1, -0.05) is 67.6 Å². The molecule has 0 saturated heterocycles. The minimum atomic E-state index is 0. The van der Waals surface area contributed by atoms with E-state index in [1.165, 1.54) is 5.56 Å². The number of fused-ring (bicyclic) bond motifs is 5. The van der Waals surface area contributed by atoms with E-state index in [9.17, 15) is 0 Å². The molecule has 5 heteroatoms. The fourth-order valence-electron chi connectivity index (χ4n) is 4.96. The molecule has 1 radical (unpaired) electrons. The number of hydrogen-bond donors (Lipinski definition) is 0. The molecule has 0 aliphatic rings. The van der Waals surface area contributed by atoms with Crippen molar-refractivity contribution in [2.24, 2.45) is 5.41 Å². The number of pyridine rings is 3. The van der Waals surface area contributed by atoms with E-state index >= 15 is 0 Å². The van der Waals surface area contributed by atoms with Crippen molar-refractivity contribution in [1.82, 2.24) is 15.0 Å². The Morgan fingerprint density at radius 3 is 2.32 bits per heavy atom. The maximum atomic E-state index is 6.38. The van der Waals surface area contributed by atoms with Crippen LogP contribution in [-0.4, -0.2) is 15.0 Å². The second-order valence-electron chi connectivity index (χ2n) is 11.0. The first-order valence-corrected chi connectivity index (χ1v) is 13.4. The summed E-state index contributed by atoms with van der Waals surface area (Å²) in [4.78, 5) is 13.1. The Hall–Kier alpha value is -4.18. The average Bonchev–Trinajstić information content (AvgIpc) is 3.37. The molecular weight excluding hydrogens is 683 g/mol. The molecule has 0 aliphatic heterocycles. The van der Waals surface area contributed by atoms with Crippen molar-refractivity contribution in [2.45, 2.75) is 27.2 Å². The van der Waals surface area contributed by atoms with E-state index in [1.54, 1.807) is 12.4 Å². The molecule has 0 saturated carbocycles. The van der Waals surface area contributed by atoms with Crippen LogP contribution < -0.4 is 0 Å². The molecule has 4 nitrogen and oxygen atoms in total. The van der Waals surface area contributed by atoms with Gasteiger partial charge in [0, 0.05) is 55.7 Å². The molecule has 0 fully saturated rings. The molecule has 0 amide bonds. The monoisotopic (exact) mass is 712 g/mol. The average molecular weight is 712 g/mol. The third kappa shape index (κ3) is 6.27. The Balaban J connectivity index is 0.000000218. The van der Waals surface area contributed by atoms with Crippen molar-refractivity contribution < 1.29 is 24.5 Å². The van der Waals surface area contributed by atoms with Gasteiger partial charge in [0.2, 0.25) is 0 Å². The van der Waals surface area contributed by atoms with Gasteiger partial charge in [0.25, 0.3) is 0 Å². The Kier molecular flexibility index (Phi) is 8.39. The Labute approximate surface area is 253 Å². The Morgan fingerprint density at radius 1 is 0.707 bits per heavy atom. The van der Waals surface area contributed by atoms with Gasteiger partial charge < -0.3 is 14.4 Å². The van der Waals surface area contributed by atoms with Crippen LogP contribution in [0.15, 0.2) is 114 Å². The van der Waals surface area contributed by atoms with Crippen molar-refractivity contribution in [3.05, 3.63) is 127 Å². The van der Waals surface area contributed by atoms with Gasteiger partial charge in [0.15, 0.2) is 0 Å². The zero-order valence-electron chi connectivity index (χ0n) is 23.2. The number of furan rings is 1. The summed E-state index contributed by atoms with van der Waals surface area (Å²) in [5.74, 6) is 0. The first-order valence-electron chi connectivity index (χ1n) is 13.4. The SMILES string of the molecule is CC(C)(C)Cc1ccnc(-c2[c-]ccc3c2oc2c4cnccc4ccc32)c1.[Ir].[c-]1ccccc1-c1ccccn1. The van der Waals surface area contributed by atoms with E-state index < -0.39 is 0 Å². The fourth-order valence-corrected chi connectivity index (χ4v) is 4.96. The molecule has 3 aromatic carbocycles. The number of hydrogen-bond acceptors (Lipinski definition) is 4. The van der Waals surface area contributed by atoms with Crippen molar-refractivity contribution in [3.8, 4) is 22.5 Å². The molecule has 4 heterocycles. The van der Waals surface area contributed by atoms with Gasteiger partial charge in [-0.15, -0.1) is 54.1 Å². The van der Waals surface area contributed by atoms with Crippen molar-refractivity contribution in [1.29, 1.82) is 0 Å². The van der Waals surface area contributed by atoms with Crippen LogP contribution in [0.5, 0.6) is 0 Å². The van der Waals surface area contributed by atoms with Gasteiger partial charge in [-0.2, -0.15) is 0 Å². The maximum absolute atomic E-state index is 6.38. The minimum Gasteiger partial charge on any atom is -0.500 e. The first-order chi connectivity index (χ1) is 19.5. The zero-order chi connectivity index (χ0) is 27.5. The van der Waals surface area contributed by atoms with Gasteiger partial charge in [-0.05, 0) is 46.8 Å². The number of benzene rings is 3. The van der Waals surface area contributed by atoms with Crippen molar-refractivity contribution in [3.63, 3.8) is 0 Å². The van der Waals surface area contributed by atoms with Crippen LogP contribution in [0.1, 0.15) is 26.3 Å². The van der Waals surface area contributed by atoms with Gasteiger partial charge in [0.1, 0.15) is 5.58 Å². The van der Waals surface area contributed by atoms with Crippen molar-refractivity contribution in [2.75, 3.05) is 0 Å². The quantitative estimate of drug-likeness (QED) is 0.172. The first kappa shape index (κ1) is 28.4. The summed E-state index contributed by atoms with van der Waals surface area (Å²) < 4.78 is 6.38. The van der Waals surface area contributed by atoms with Crippen molar-refractivity contribution >= 4 is 32.7 Å². The fraction of sp³-hybridized carbons (Fsp3) is 0.139. The predicted octanol–water partition coefficient (Wildman–Crippen LogP) is 9.13. The standard InChI is InChI=1S/C25H21N2O.C11H8N.Ir/c1-25(2,3)14-16-9-12-27-22(13-16)20-6-4-5-18-19-8-7-17-10-11-26-15-21(17)24(19)28-23(18)20;1-2-6-10(7-3-1)11-8-4-5-9-12-11;/h4-5,7-13,15H,14H2,1-3H3;1-6,8-9H;/q2*-1;. The summed E-state index contributed by atoms with van der Waals surface area (Å²) in [5, 5.41) is 4.32. The van der Waals surface area contributed by atoms with E-state index in [4.69, 9.17) is 4.42 Å². The second-order valence-corrected chi connectivity index (χ2v) is 11.0. The molecule has 7 aromatic rings. The number of aromatic nitrogens is 3. The van der Waals surface area contributed by atoms with E-state index in [-0.39, 0.29) is 25.5 Å². The van der Waals surface area contributed by atoms with Gasteiger partial charge in [-0.3, -0.25) is 4.98 Å². The Bertz CT molecular complexity index is 1870. The van der Waals surface area contributed by atoms with E-state index in [0.717, 1.165) is 61.6 Å². The molecule has 0 spiro atoms. The molecule has 7 rings (SSSR count). The van der Waals surface area contributed by atoms with Gasteiger partial charge in [0.05, 0.1) is 5.58 Å². The number of nitrogens with zero attached hydrogens (tertiary/aromatic N) is 3. The summed E-state index contributed by atoms with van der Waals surface area (Å²) in [6.45, 7) is 6.75. The van der Waals surface area contributed by atoms with E-state index in [0.29, 0.717) is 0 Å². The van der Waals surface area contributed by atoms with Crippen LogP contribution in [0.2, 0.25) is 0 Å². The van der Waals surface area contributed by atoms with Crippen LogP contribution in [0, 0.1) is 17.5 Å². The molecule has 0 unspecified atom stereocenters. The normalized spacial score (nSPS) is 11.2. The molecule has 205 valence electrons. The maximum Gasteiger partial charge on any atom is 0.130 e. The topological polar surface area (TPSA) is 51.8 Å². The van der Waals surface area contributed by atoms with Gasteiger partial charge >= 0.3 is 0 Å². The van der Waals surface area contributed by atoms with Crippen LogP contribution in [-0.2, 0) is 26.5 Å². The summed E-state index contributed by atoms with van der Waals surface area (Å²) in [5.41, 5.74) is 7.00. The zero-order valence-corrected chi connectivity index (χ0v) is 25.6. The summed E-state index contributed by atoms with van der Waals surface area (Å²) >= 11 is 0. The summed E-state index contributed by atoms with van der Waals surface area (Å²) in [6, 6.07) is 34.7. The number of rotatable bonds is 3. The molecule has 0 bridgehead atoms. The molecular formula is C36H29IrN3O-2. The van der Waals surface area contributed by atoms with Crippen LogP contribution in [0.25, 0.3) is 55.2 Å². The molecule has 0 atom stereocenters. The summed E-state index contributed by atoms with van der Waals surface area (Å²) in [7, 11) is 0. The predicted molar refractivity (Wildman–Crippen MR) is 163 cm³/mol. The van der Waals surface area contributed by atoms with E-state index in [2.05, 4.69) is 78.2 Å². The van der Waals surface area contributed by atoms with Crippen LogP contribution >= 0.6 is 0 Å². The smallest absolute Gasteiger partial charge is 0.130 e. The molecule has 4 aromatic heterocycles. The molecule has 41 heavy (non-hydrogen) atoms. The molecule has 0 N–H and O–H groups in total. The largest absolute Gasteiger partial charge is 0.500 e. The van der Waals surface area contributed by atoms with Crippen LogP contribution in [0.3, 0.4) is 0 Å². The van der Waals surface area contributed by atoms with Crippen LogP contribution in [0.4, 0.5) is 0 Å². The van der Waals surface area contributed by atoms with E-state index in [1.807, 2.05) is 67.0 Å². The molecule has 0 aliphatic carbocycles. The third-order valence-electron chi connectivity index (χ3n) is 6.68. The van der Waals surface area contributed by atoms with Gasteiger partial charge in [-0.25, -0.2) is 0 Å². The minimum absolute atomic E-state index is 0.